The number of benzene rings is 2. The first-order valence-corrected chi connectivity index (χ1v) is 6.22. The molecule has 0 atom stereocenters. The molecule has 104 valence electrons. The lowest BCUT2D eigenvalue weighted by Crippen LogP contribution is -2.07. The summed E-state index contributed by atoms with van der Waals surface area (Å²) >= 11 is 11.1. The number of hydrogen-bond acceptors (Lipinski definition) is 1. The summed E-state index contributed by atoms with van der Waals surface area (Å²) in [7, 11) is 0. The summed E-state index contributed by atoms with van der Waals surface area (Å²) in [6.07, 6.45) is -4.48. The summed E-state index contributed by atoms with van der Waals surface area (Å²) in [4.78, 5) is 11.2. The minimum atomic E-state index is -4.48. The highest BCUT2D eigenvalue weighted by Crippen LogP contribution is 2.37. The zero-order valence-electron chi connectivity index (χ0n) is 9.84. The van der Waals surface area contributed by atoms with E-state index in [0.717, 1.165) is 6.07 Å². The van der Waals surface area contributed by atoms with E-state index in [4.69, 9.17) is 23.2 Å². The predicted molar refractivity (Wildman–Crippen MR) is 72.1 cm³/mol. The smallest absolute Gasteiger partial charge is 0.276 e. The summed E-state index contributed by atoms with van der Waals surface area (Å²) in [5.41, 5.74) is -0.611. The molecule has 0 heterocycles. The van der Waals surface area contributed by atoms with Gasteiger partial charge in [0.25, 0.3) is 5.24 Å². The minimum Gasteiger partial charge on any atom is -0.276 e. The van der Waals surface area contributed by atoms with E-state index in [1.54, 1.807) is 0 Å². The van der Waals surface area contributed by atoms with Crippen molar-refractivity contribution in [2.75, 3.05) is 0 Å². The van der Waals surface area contributed by atoms with Gasteiger partial charge in [0.05, 0.1) is 16.1 Å². The third-order valence-electron chi connectivity index (χ3n) is 2.72. The molecule has 1 nitrogen and oxygen atoms in total. The van der Waals surface area contributed by atoms with Crippen molar-refractivity contribution in [3.05, 3.63) is 58.6 Å². The molecule has 2 aromatic rings. The summed E-state index contributed by atoms with van der Waals surface area (Å²) in [5, 5.41) is -0.723. The van der Waals surface area contributed by atoms with Crippen LogP contribution in [0.5, 0.6) is 0 Å². The van der Waals surface area contributed by atoms with E-state index in [-0.39, 0.29) is 21.7 Å². The lowest BCUT2D eigenvalue weighted by Gasteiger charge is -2.13. The lowest BCUT2D eigenvalue weighted by atomic mass is 9.98. The van der Waals surface area contributed by atoms with Gasteiger partial charge in [0.1, 0.15) is 0 Å². The maximum Gasteiger partial charge on any atom is 0.417 e. The Morgan fingerprint density at radius 1 is 1.05 bits per heavy atom. The molecule has 2 aromatic carbocycles. The first kappa shape index (κ1) is 14.9. The monoisotopic (exact) mass is 318 g/mol. The highest BCUT2D eigenvalue weighted by molar-refractivity contribution is 6.68. The van der Waals surface area contributed by atoms with Gasteiger partial charge in [0.2, 0.25) is 0 Å². The second-order valence-electron chi connectivity index (χ2n) is 4.01. The first-order valence-electron chi connectivity index (χ1n) is 5.46. The topological polar surface area (TPSA) is 17.1 Å². The molecule has 0 radical (unpaired) electrons. The molecule has 0 aliphatic heterocycles. The van der Waals surface area contributed by atoms with Crippen LogP contribution in [-0.2, 0) is 6.18 Å². The zero-order chi connectivity index (χ0) is 14.9. The number of rotatable bonds is 2. The average Bonchev–Trinajstić information content (AvgIpc) is 2.38. The molecule has 0 spiro atoms. The molecule has 0 aliphatic carbocycles. The summed E-state index contributed by atoms with van der Waals surface area (Å²) in [5.74, 6) is 0. The third-order valence-corrected chi connectivity index (χ3v) is 3.25. The van der Waals surface area contributed by atoms with Crippen molar-refractivity contribution in [3.63, 3.8) is 0 Å². The van der Waals surface area contributed by atoms with Crippen LogP contribution < -0.4 is 0 Å². The molecule has 6 heteroatoms. The van der Waals surface area contributed by atoms with Gasteiger partial charge < -0.3 is 0 Å². The Hall–Kier alpha value is -1.52. The Labute approximate surface area is 122 Å². The van der Waals surface area contributed by atoms with Crippen LogP contribution in [0.2, 0.25) is 5.02 Å². The fourth-order valence-corrected chi connectivity index (χ4v) is 2.23. The van der Waals surface area contributed by atoms with Crippen LogP contribution in [0.4, 0.5) is 13.2 Å². The van der Waals surface area contributed by atoms with Gasteiger partial charge in [-0.2, -0.15) is 13.2 Å². The third kappa shape index (κ3) is 2.97. The van der Waals surface area contributed by atoms with Gasteiger partial charge in [0, 0.05) is 0 Å². The lowest BCUT2D eigenvalue weighted by molar-refractivity contribution is -0.137. The molecule has 0 N–H and O–H groups in total. The minimum absolute atomic E-state index is 0.0252. The average molecular weight is 319 g/mol. The molecule has 0 aliphatic rings. The molecule has 0 saturated heterocycles. The Kier molecular flexibility index (Phi) is 4.06. The van der Waals surface area contributed by atoms with Crippen molar-refractivity contribution in [1.82, 2.24) is 0 Å². The summed E-state index contributed by atoms with van der Waals surface area (Å²) in [6, 6.07) is 9.11. The van der Waals surface area contributed by atoms with Crippen molar-refractivity contribution < 1.29 is 18.0 Å². The summed E-state index contributed by atoms with van der Waals surface area (Å²) < 4.78 is 38.9. The second kappa shape index (κ2) is 5.46. The maximum absolute atomic E-state index is 13.0. The standard InChI is InChI=1S/C14H7Cl2F3O/c15-12-6-5-8(7-10(12)13(16)20)9-3-1-2-4-11(9)14(17,18)19/h1-7H. The number of carbonyl (C=O) groups is 1. The van der Waals surface area contributed by atoms with Gasteiger partial charge >= 0.3 is 6.18 Å². The highest BCUT2D eigenvalue weighted by Gasteiger charge is 2.33. The number of alkyl halides is 3. The van der Waals surface area contributed by atoms with Crippen molar-refractivity contribution in [2.45, 2.75) is 6.18 Å². The summed E-state index contributed by atoms with van der Waals surface area (Å²) in [6.45, 7) is 0. The largest absolute Gasteiger partial charge is 0.417 e. The van der Waals surface area contributed by atoms with Crippen LogP contribution in [-0.4, -0.2) is 5.24 Å². The van der Waals surface area contributed by atoms with Gasteiger partial charge in [-0.25, -0.2) is 0 Å². The Morgan fingerprint density at radius 2 is 1.70 bits per heavy atom. The maximum atomic E-state index is 13.0. The highest BCUT2D eigenvalue weighted by atomic mass is 35.5. The van der Waals surface area contributed by atoms with Gasteiger partial charge in [-0.1, -0.05) is 35.9 Å². The van der Waals surface area contributed by atoms with Crippen molar-refractivity contribution in [1.29, 1.82) is 0 Å². The van der Waals surface area contributed by atoms with Gasteiger partial charge in [0.15, 0.2) is 0 Å². The molecule has 0 fully saturated rings. The van der Waals surface area contributed by atoms with E-state index >= 15 is 0 Å². The van der Waals surface area contributed by atoms with E-state index in [1.165, 1.54) is 36.4 Å². The van der Waals surface area contributed by atoms with Crippen LogP contribution in [0.3, 0.4) is 0 Å². The van der Waals surface area contributed by atoms with Crippen LogP contribution >= 0.6 is 23.2 Å². The van der Waals surface area contributed by atoms with Crippen molar-refractivity contribution in [3.8, 4) is 11.1 Å². The molecular formula is C14H7Cl2F3O. The van der Waals surface area contributed by atoms with Crippen LogP contribution in [0, 0.1) is 0 Å². The van der Waals surface area contributed by atoms with Crippen LogP contribution in [0.25, 0.3) is 11.1 Å². The Morgan fingerprint density at radius 3 is 2.30 bits per heavy atom. The van der Waals surface area contributed by atoms with E-state index in [1.807, 2.05) is 0 Å². The van der Waals surface area contributed by atoms with Gasteiger partial charge in [-0.05, 0) is 40.9 Å². The molecule has 20 heavy (non-hydrogen) atoms. The van der Waals surface area contributed by atoms with Crippen molar-refractivity contribution in [2.24, 2.45) is 0 Å². The number of hydrogen-bond donors (Lipinski definition) is 0. The first-order chi connectivity index (χ1) is 9.30. The van der Waals surface area contributed by atoms with Gasteiger partial charge in [-0.3, -0.25) is 4.79 Å². The fourth-order valence-electron chi connectivity index (χ4n) is 1.83. The van der Waals surface area contributed by atoms with Crippen LogP contribution in [0.15, 0.2) is 42.5 Å². The predicted octanol–water partition coefficient (Wildman–Crippen LogP) is 5.40. The van der Waals surface area contributed by atoms with Gasteiger partial charge in [-0.15, -0.1) is 0 Å². The normalized spacial score (nSPS) is 11.4. The SMILES string of the molecule is O=C(Cl)c1cc(-c2ccccc2C(F)(F)F)ccc1Cl. The zero-order valence-corrected chi connectivity index (χ0v) is 11.4. The number of carbonyl (C=O) groups excluding carboxylic acids is 1. The molecule has 0 saturated carbocycles. The Balaban J connectivity index is 2.64. The quantitative estimate of drug-likeness (QED) is 0.677. The van der Waals surface area contributed by atoms with E-state index in [2.05, 4.69) is 0 Å². The van der Waals surface area contributed by atoms with Crippen LogP contribution in [0.1, 0.15) is 15.9 Å². The second-order valence-corrected chi connectivity index (χ2v) is 4.76. The van der Waals surface area contributed by atoms with Crippen molar-refractivity contribution >= 4 is 28.4 Å². The number of halogens is 5. The molecule has 0 aromatic heterocycles. The van der Waals surface area contributed by atoms with E-state index in [9.17, 15) is 18.0 Å². The fraction of sp³-hybridized carbons (Fsp3) is 0.0714. The Bertz CT molecular complexity index is 666. The van der Waals surface area contributed by atoms with E-state index < -0.39 is 17.0 Å². The molecule has 0 amide bonds. The molecule has 0 unspecified atom stereocenters. The molecule has 2 rings (SSSR count). The van der Waals surface area contributed by atoms with E-state index in [0.29, 0.717) is 0 Å². The molecular weight excluding hydrogens is 312 g/mol. The molecule has 0 bridgehead atoms.